The lowest BCUT2D eigenvalue weighted by atomic mass is 10.1. The molecule has 1 unspecified atom stereocenters. The number of rotatable bonds is 2. The number of Topliss-reactive ketones (excluding diaryl/α,β-unsaturated/α-hetero) is 1. The summed E-state index contributed by atoms with van der Waals surface area (Å²) in [5, 5.41) is 2.47. The van der Waals surface area contributed by atoms with Gasteiger partial charge in [-0.1, -0.05) is 50.1 Å². The highest BCUT2D eigenvalue weighted by Crippen LogP contribution is 2.28. The lowest BCUT2D eigenvalue weighted by Gasteiger charge is -2.01. The molecule has 3 rings (SSSR count). The van der Waals surface area contributed by atoms with Gasteiger partial charge in [0.2, 0.25) is 0 Å². The van der Waals surface area contributed by atoms with Crippen LogP contribution in [0, 0.1) is 0 Å². The van der Waals surface area contributed by atoms with Crippen molar-refractivity contribution in [2.75, 3.05) is 0 Å². The highest BCUT2D eigenvalue weighted by molar-refractivity contribution is 14.1. The van der Waals surface area contributed by atoms with Crippen LogP contribution in [-0.4, -0.2) is 18.6 Å². The summed E-state index contributed by atoms with van der Waals surface area (Å²) in [5.41, 5.74) is 2.39. The predicted molar refractivity (Wildman–Crippen MR) is 89.7 cm³/mol. The zero-order chi connectivity index (χ0) is 13.6. The Morgan fingerprint density at radius 3 is 2.89 bits per heavy atom. The van der Waals surface area contributed by atoms with Gasteiger partial charge in [-0.05, 0) is 24.3 Å². The Bertz CT molecular complexity index is 800. The van der Waals surface area contributed by atoms with E-state index in [0.717, 1.165) is 21.9 Å². The molecule has 2 heterocycles. The molecule has 3 aromatic rings. The first-order valence-electron chi connectivity index (χ1n) is 5.45. The van der Waals surface area contributed by atoms with Gasteiger partial charge in [0.1, 0.15) is 8.48 Å². The van der Waals surface area contributed by atoms with Gasteiger partial charge in [0, 0.05) is 28.0 Å². The largest absolute Gasteiger partial charge is 0.339 e. The van der Waals surface area contributed by atoms with Gasteiger partial charge >= 0.3 is 0 Å². The Balaban J connectivity index is 2.29. The SMILES string of the molecule is O=C(c1ccc2[nH]c3ncc(Cl)cc3c2c1)C(Br)I. The third kappa shape index (κ3) is 2.39. The van der Waals surface area contributed by atoms with Crippen LogP contribution in [0.3, 0.4) is 0 Å². The van der Waals surface area contributed by atoms with Crippen molar-refractivity contribution < 1.29 is 4.79 Å². The summed E-state index contributed by atoms with van der Waals surface area (Å²) in [6.45, 7) is 0. The Morgan fingerprint density at radius 2 is 2.16 bits per heavy atom. The summed E-state index contributed by atoms with van der Waals surface area (Å²) >= 11 is 11.3. The topological polar surface area (TPSA) is 45.8 Å². The van der Waals surface area contributed by atoms with Crippen LogP contribution in [0.25, 0.3) is 21.9 Å². The number of aromatic amines is 1. The zero-order valence-electron chi connectivity index (χ0n) is 9.45. The van der Waals surface area contributed by atoms with Crippen LogP contribution < -0.4 is 0 Å². The smallest absolute Gasteiger partial charge is 0.186 e. The molecule has 2 aromatic heterocycles. The molecular weight excluding hydrogens is 442 g/mol. The number of hydrogen-bond acceptors (Lipinski definition) is 2. The second kappa shape index (κ2) is 5.03. The molecule has 0 aliphatic carbocycles. The molecule has 0 bridgehead atoms. The van der Waals surface area contributed by atoms with E-state index in [2.05, 4.69) is 25.9 Å². The van der Waals surface area contributed by atoms with E-state index in [9.17, 15) is 4.79 Å². The van der Waals surface area contributed by atoms with Gasteiger partial charge < -0.3 is 4.98 Å². The molecule has 0 spiro atoms. The number of ketones is 1. The fourth-order valence-electron chi connectivity index (χ4n) is 2.03. The molecule has 0 radical (unpaired) electrons. The second-order valence-electron chi connectivity index (χ2n) is 4.10. The quantitative estimate of drug-likeness (QED) is 0.350. The maximum absolute atomic E-state index is 12.0. The number of benzene rings is 1. The van der Waals surface area contributed by atoms with E-state index < -0.39 is 0 Å². The van der Waals surface area contributed by atoms with Crippen LogP contribution in [0.2, 0.25) is 5.02 Å². The van der Waals surface area contributed by atoms with Crippen molar-refractivity contribution in [1.82, 2.24) is 9.97 Å². The number of nitrogens with zero attached hydrogens (tertiary/aromatic N) is 1. The van der Waals surface area contributed by atoms with Gasteiger partial charge in [-0.3, -0.25) is 4.79 Å². The van der Waals surface area contributed by atoms with Crippen LogP contribution in [0.5, 0.6) is 0 Å². The zero-order valence-corrected chi connectivity index (χ0v) is 14.0. The summed E-state index contributed by atoms with van der Waals surface area (Å²) in [6, 6.07) is 7.44. The van der Waals surface area contributed by atoms with Crippen LogP contribution in [0.15, 0.2) is 30.5 Å². The lowest BCUT2D eigenvalue weighted by molar-refractivity contribution is 0.101. The van der Waals surface area contributed by atoms with Gasteiger partial charge in [0.15, 0.2) is 5.78 Å². The molecule has 1 N–H and O–H groups in total. The van der Waals surface area contributed by atoms with Gasteiger partial charge in [-0.25, -0.2) is 4.98 Å². The molecule has 19 heavy (non-hydrogen) atoms. The monoisotopic (exact) mass is 448 g/mol. The summed E-state index contributed by atoms with van der Waals surface area (Å²) in [6.07, 6.45) is 1.60. The van der Waals surface area contributed by atoms with E-state index >= 15 is 0 Å². The van der Waals surface area contributed by atoms with Gasteiger partial charge in [-0.15, -0.1) is 0 Å². The minimum absolute atomic E-state index is 0.0480. The molecule has 0 aliphatic rings. The Morgan fingerprint density at radius 1 is 1.37 bits per heavy atom. The Kier molecular flexibility index (Phi) is 3.53. The van der Waals surface area contributed by atoms with E-state index in [1.165, 1.54) is 0 Å². The van der Waals surface area contributed by atoms with Crippen molar-refractivity contribution in [3.63, 3.8) is 0 Å². The fraction of sp³-hybridized carbons (Fsp3) is 0.0769. The highest BCUT2D eigenvalue weighted by Gasteiger charge is 2.15. The highest BCUT2D eigenvalue weighted by atomic mass is 127. The Hall–Kier alpha value is -0.660. The number of alkyl halides is 2. The molecule has 0 amide bonds. The van der Waals surface area contributed by atoms with E-state index in [4.69, 9.17) is 11.6 Å². The van der Waals surface area contributed by atoms with Crippen molar-refractivity contribution >= 4 is 77.8 Å². The molecule has 0 fully saturated rings. The predicted octanol–water partition coefficient (Wildman–Crippen LogP) is 4.71. The normalized spacial score (nSPS) is 13.0. The molecular formula is C13H7BrClIN2O. The van der Waals surface area contributed by atoms with E-state index in [0.29, 0.717) is 10.6 Å². The third-order valence-electron chi connectivity index (χ3n) is 2.90. The van der Waals surface area contributed by atoms with Crippen LogP contribution >= 0.6 is 50.1 Å². The molecule has 96 valence electrons. The van der Waals surface area contributed by atoms with Crippen LogP contribution in [0.1, 0.15) is 10.4 Å². The lowest BCUT2D eigenvalue weighted by Crippen LogP contribution is -2.06. The molecule has 1 atom stereocenters. The molecule has 6 heteroatoms. The van der Waals surface area contributed by atoms with Crippen LogP contribution in [-0.2, 0) is 0 Å². The Labute approximate surface area is 136 Å². The number of nitrogens with one attached hydrogen (secondary N) is 1. The first-order valence-corrected chi connectivity index (χ1v) is 7.99. The maximum Gasteiger partial charge on any atom is 0.186 e. The number of aromatic nitrogens is 2. The number of halogens is 3. The van der Waals surface area contributed by atoms with Gasteiger partial charge in [-0.2, -0.15) is 0 Å². The van der Waals surface area contributed by atoms with Gasteiger partial charge in [0.05, 0.1) is 5.02 Å². The number of carbonyl (C=O) groups is 1. The minimum atomic E-state index is -0.227. The van der Waals surface area contributed by atoms with E-state index in [1.54, 1.807) is 6.20 Å². The number of carbonyl (C=O) groups excluding carboxylic acids is 1. The summed E-state index contributed by atoms with van der Waals surface area (Å²) in [5.74, 6) is 0.0480. The number of pyridine rings is 1. The fourth-order valence-corrected chi connectivity index (χ4v) is 2.81. The maximum atomic E-state index is 12.0. The van der Waals surface area contributed by atoms with Crippen molar-refractivity contribution in [3.8, 4) is 0 Å². The average molecular weight is 449 g/mol. The van der Waals surface area contributed by atoms with Gasteiger partial charge in [0.25, 0.3) is 0 Å². The molecule has 3 nitrogen and oxygen atoms in total. The molecule has 1 aromatic carbocycles. The first-order chi connectivity index (χ1) is 9.06. The van der Waals surface area contributed by atoms with Crippen molar-refractivity contribution in [2.24, 2.45) is 0 Å². The summed E-state index contributed by atoms with van der Waals surface area (Å²) < 4.78 is -0.227. The van der Waals surface area contributed by atoms with Crippen LogP contribution in [0.4, 0.5) is 0 Å². The van der Waals surface area contributed by atoms with E-state index in [1.807, 2.05) is 46.9 Å². The minimum Gasteiger partial charge on any atom is -0.339 e. The standard InChI is InChI=1S/C13H7BrClIN2O/c14-12(16)11(19)6-1-2-10-8(3-6)9-4-7(15)5-17-13(9)18-10/h1-5,12H,(H,17,18). The number of hydrogen-bond donors (Lipinski definition) is 1. The third-order valence-corrected chi connectivity index (χ3v) is 4.09. The molecule has 0 aliphatic heterocycles. The van der Waals surface area contributed by atoms with E-state index in [-0.39, 0.29) is 8.62 Å². The average Bonchev–Trinajstić information content (AvgIpc) is 2.75. The van der Waals surface area contributed by atoms with Crippen molar-refractivity contribution in [2.45, 2.75) is 2.83 Å². The summed E-state index contributed by atoms with van der Waals surface area (Å²) in [7, 11) is 0. The summed E-state index contributed by atoms with van der Waals surface area (Å²) in [4.78, 5) is 19.5. The van der Waals surface area contributed by atoms with Crippen molar-refractivity contribution in [1.29, 1.82) is 0 Å². The van der Waals surface area contributed by atoms with Crippen molar-refractivity contribution in [3.05, 3.63) is 41.0 Å². The first kappa shape index (κ1) is 13.3. The number of H-pyrrole nitrogens is 1. The number of fused-ring (bicyclic) bond motifs is 3. The molecule has 0 saturated heterocycles. The molecule has 0 saturated carbocycles. The second-order valence-corrected chi connectivity index (χ2v) is 8.41.